The number of carboxylic acids is 1. The number of methoxy groups -OCH3 is 1. The van der Waals surface area contributed by atoms with Gasteiger partial charge in [-0.05, 0) is 35.9 Å². The highest BCUT2D eigenvalue weighted by atomic mass is 19.1. The third-order valence-corrected chi connectivity index (χ3v) is 6.64. The van der Waals surface area contributed by atoms with Crippen LogP contribution in [0.25, 0.3) is 22.3 Å². The fraction of sp³-hybridized carbons (Fsp3) is 0.161. The quantitative estimate of drug-likeness (QED) is 0.222. The molecule has 2 aromatic heterocycles. The number of carboxylic acid groups (broad SMARTS) is 1. The molecule has 0 amide bonds. The standard InChI is InChI=1S/C31H23F3N4O4/c1-41-10-9-38-28-14-22(31(39)40)25(34)15-27(28)36-29(38)13-19-7-8-20(12-24(19)33)26-3-2-4-30(37-26)42-17-21-6-5-18(16-35)11-23(21)32/h2-8,11-12,14-15H,9-10,13,17H2,1H3,(H,39,40). The number of hydrogen-bond acceptors (Lipinski definition) is 6. The average Bonchev–Trinajstić information content (AvgIpc) is 3.31. The molecule has 0 saturated carbocycles. The molecule has 5 aromatic rings. The second-order valence-electron chi connectivity index (χ2n) is 9.35. The molecule has 5 rings (SSSR count). The van der Waals surface area contributed by atoms with Crippen LogP contribution in [0.4, 0.5) is 13.2 Å². The van der Waals surface area contributed by atoms with Crippen molar-refractivity contribution in [1.29, 1.82) is 5.26 Å². The van der Waals surface area contributed by atoms with Gasteiger partial charge < -0.3 is 19.1 Å². The van der Waals surface area contributed by atoms with E-state index in [0.717, 1.165) is 12.1 Å². The Morgan fingerprint density at radius 2 is 1.76 bits per heavy atom. The number of ether oxygens (including phenoxy) is 2. The highest BCUT2D eigenvalue weighted by molar-refractivity contribution is 5.93. The first kappa shape index (κ1) is 28.3. The second kappa shape index (κ2) is 12.1. The van der Waals surface area contributed by atoms with E-state index in [1.165, 1.54) is 31.4 Å². The van der Waals surface area contributed by atoms with E-state index >= 15 is 4.39 Å². The molecule has 0 radical (unpaired) electrons. The van der Waals surface area contributed by atoms with Crippen LogP contribution in [0, 0.1) is 28.8 Å². The smallest absolute Gasteiger partial charge is 0.338 e. The van der Waals surface area contributed by atoms with Gasteiger partial charge in [0.25, 0.3) is 0 Å². The number of hydrogen-bond donors (Lipinski definition) is 1. The molecule has 0 aliphatic heterocycles. The third-order valence-electron chi connectivity index (χ3n) is 6.64. The monoisotopic (exact) mass is 572 g/mol. The van der Waals surface area contributed by atoms with Crippen molar-refractivity contribution in [2.75, 3.05) is 13.7 Å². The number of aromatic nitrogens is 3. The molecule has 0 bridgehead atoms. The molecule has 0 unspecified atom stereocenters. The first-order valence-corrected chi connectivity index (χ1v) is 12.8. The summed E-state index contributed by atoms with van der Waals surface area (Å²) in [6.45, 7) is 0.473. The number of imidazole rings is 1. The minimum Gasteiger partial charge on any atom is -0.478 e. The topological polar surface area (TPSA) is 110 Å². The maximum absolute atomic E-state index is 15.3. The fourth-order valence-corrected chi connectivity index (χ4v) is 4.49. The Bertz CT molecular complexity index is 1850. The summed E-state index contributed by atoms with van der Waals surface area (Å²) < 4.78 is 56.3. The van der Waals surface area contributed by atoms with E-state index in [2.05, 4.69) is 9.97 Å². The maximum atomic E-state index is 15.3. The number of carbonyl (C=O) groups is 1. The Morgan fingerprint density at radius 1 is 0.976 bits per heavy atom. The summed E-state index contributed by atoms with van der Waals surface area (Å²) in [7, 11) is 1.51. The van der Waals surface area contributed by atoms with Crippen LogP contribution >= 0.6 is 0 Å². The summed E-state index contributed by atoms with van der Waals surface area (Å²) in [6, 6.07) is 17.8. The molecular weight excluding hydrogens is 549 g/mol. The summed E-state index contributed by atoms with van der Waals surface area (Å²) in [6.07, 6.45) is 0.0568. The van der Waals surface area contributed by atoms with Crippen LogP contribution in [0.2, 0.25) is 0 Å². The van der Waals surface area contributed by atoms with Crippen LogP contribution in [-0.2, 0) is 24.3 Å². The molecule has 0 saturated heterocycles. The van der Waals surface area contributed by atoms with E-state index < -0.39 is 29.0 Å². The van der Waals surface area contributed by atoms with Crippen molar-refractivity contribution in [2.24, 2.45) is 0 Å². The Morgan fingerprint density at radius 3 is 2.48 bits per heavy atom. The number of fused-ring (bicyclic) bond motifs is 1. The summed E-state index contributed by atoms with van der Waals surface area (Å²) >= 11 is 0. The lowest BCUT2D eigenvalue weighted by Gasteiger charge is -2.11. The highest BCUT2D eigenvalue weighted by Gasteiger charge is 2.19. The zero-order chi connectivity index (χ0) is 29.8. The van der Waals surface area contributed by atoms with Crippen LogP contribution in [0.3, 0.4) is 0 Å². The number of nitrogens with zero attached hydrogens (tertiary/aromatic N) is 4. The summed E-state index contributed by atoms with van der Waals surface area (Å²) in [5, 5.41) is 18.2. The fourth-order valence-electron chi connectivity index (χ4n) is 4.49. The number of nitriles is 1. The Balaban J connectivity index is 1.38. The third kappa shape index (κ3) is 5.94. The van der Waals surface area contributed by atoms with E-state index in [-0.39, 0.29) is 42.2 Å². The van der Waals surface area contributed by atoms with Gasteiger partial charge in [-0.25, -0.2) is 27.9 Å². The molecule has 0 atom stereocenters. The van der Waals surface area contributed by atoms with Crippen molar-refractivity contribution < 1.29 is 32.5 Å². The Hall–Kier alpha value is -5.21. The van der Waals surface area contributed by atoms with Gasteiger partial charge in [-0.15, -0.1) is 0 Å². The van der Waals surface area contributed by atoms with E-state index in [9.17, 15) is 18.7 Å². The lowest BCUT2D eigenvalue weighted by Crippen LogP contribution is -2.10. The van der Waals surface area contributed by atoms with Gasteiger partial charge in [-0.1, -0.05) is 24.3 Å². The Kier molecular flexibility index (Phi) is 8.17. The normalized spacial score (nSPS) is 11.0. The first-order chi connectivity index (χ1) is 20.3. The second-order valence-corrected chi connectivity index (χ2v) is 9.35. The summed E-state index contributed by atoms with van der Waals surface area (Å²) in [5.41, 5.74) is 1.86. The number of pyridine rings is 1. The predicted octanol–water partition coefficient (Wildman–Crippen LogP) is 5.90. The largest absolute Gasteiger partial charge is 0.478 e. The van der Waals surface area contributed by atoms with Gasteiger partial charge in [-0.3, -0.25) is 0 Å². The van der Waals surface area contributed by atoms with Gasteiger partial charge >= 0.3 is 5.97 Å². The minimum absolute atomic E-state index is 0.0568. The van der Waals surface area contributed by atoms with Gasteiger partial charge in [0.2, 0.25) is 5.88 Å². The first-order valence-electron chi connectivity index (χ1n) is 12.8. The number of rotatable bonds is 10. The van der Waals surface area contributed by atoms with Crippen molar-refractivity contribution in [3.63, 3.8) is 0 Å². The van der Waals surface area contributed by atoms with Crippen LogP contribution in [0.1, 0.15) is 32.9 Å². The lowest BCUT2D eigenvalue weighted by molar-refractivity contribution is 0.0692. The summed E-state index contributed by atoms with van der Waals surface area (Å²) in [4.78, 5) is 20.3. The zero-order valence-corrected chi connectivity index (χ0v) is 22.3. The molecule has 0 spiro atoms. The predicted molar refractivity (Wildman–Crippen MR) is 146 cm³/mol. The summed E-state index contributed by atoms with van der Waals surface area (Å²) in [5.74, 6) is -2.77. The SMILES string of the molecule is COCCn1c(Cc2ccc(-c3cccc(OCc4ccc(C#N)cc4F)n3)cc2F)nc2cc(F)c(C(=O)O)cc21. The van der Waals surface area contributed by atoms with E-state index in [1.54, 1.807) is 34.9 Å². The molecule has 3 aromatic carbocycles. The van der Waals surface area contributed by atoms with Crippen LogP contribution in [0.15, 0.2) is 66.7 Å². The minimum atomic E-state index is -1.40. The van der Waals surface area contributed by atoms with Crippen molar-refractivity contribution in [3.8, 4) is 23.2 Å². The average molecular weight is 573 g/mol. The van der Waals surface area contributed by atoms with Crippen molar-refractivity contribution in [2.45, 2.75) is 19.6 Å². The highest BCUT2D eigenvalue weighted by Crippen LogP contribution is 2.26. The maximum Gasteiger partial charge on any atom is 0.338 e. The van der Waals surface area contributed by atoms with Crippen LogP contribution < -0.4 is 4.74 Å². The van der Waals surface area contributed by atoms with Gasteiger partial charge in [0.1, 0.15) is 29.9 Å². The molecule has 11 heteroatoms. The molecule has 42 heavy (non-hydrogen) atoms. The van der Waals surface area contributed by atoms with Crippen LogP contribution in [0.5, 0.6) is 5.88 Å². The molecule has 0 aliphatic rings. The molecule has 1 N–H and O–H groups in total. The zero-order valence-electron chi connectivity index (χ0n) is 22.3. The van der Waals surface area contributed by atoms with E-state index in [4.69, 9.17) is 14.7 Å². The number of benzene rings is 3. The van der Waals surface area contributed by atoms with Gasteiger partial charge in [0.15, 0.2) is 0 Å². The van der Waals surface area contributed by atoms with E-state index in [0.29, 0.717) is 34.7 Å². The molecule has 8 nitrogen and oxygen atoms in total. The van der Waals surface area contributed by atoms with Gasteiger partial charge in [0, 0.05) is 43.3 Å². The number of halogens is 3. The van der Waals surface area contributed by atoms with Crippen LogP contribution in [-0.4, -0.2) is 39.3 Å². The number of aromatic carboxylic acids is 1. The van der Waals surface area contributed by atoms with E-state index in [1.807, 2.05) is 6.07 Å². The molecule has 212 valence electrons. The van der Waals surface area contributed by atoms with Gasteiger partial charge in [-0.2, -0.15) is 5.26 Å². The molecule has 2 heterocycles. The lowest BCUT2D eigenvalue weighted by atomic mass is 10.1. The van der Waals surface area contributed by atoms with Gasteiger partial charge in [0.05, 0.1) is 40.5 Å². The molecular formula is C31H23F3N4O4. The Labute approximate surface area is 238 Å². The molecule has 0 fully saturated rings. The van der Waals surface area contributed by atoms with Crippen molar-refractivity contribution in [3.05, 3.63) is 112 Å². The van der Waals surface area contributed by atoms with Crippen molar-refractivity contribution in [1.82, 2.24) is 14.5 Å². The van der Waals surface area contributed by atoms with Crippen molar-refractivity contribution >= 4 is 17.0 Å². The molecule has 0 aliphatic carbocycles.